The summed E-state index contributed by atoms with van der Waals surface area (Å²) in [4.78, 5) is 2.19. The van der Waals surface area contributed by atoms with Crippen LogP contribution in [0.2, 0.25) is 0 Å². The lowest BCUT2D eigenvalue weighted by Crippen LogP contribution is -2.32. The number of nitrogens with zero attached hydrogens (tertiary/aromatic N) is 1. The monoisotopic (exact) mass is 238 g/mol. The first kappa shape index (κ1) is 10.9. The molecule has 4 heteroatoms. The minimum absolute atomic E-state index is 0.0582. The Hall–Kier alpha value is -0.580. The second kappa shape index (κ2) is 4.96. The number of thiocarbonyl (C=S) groups is 1. The van der Waals surface area contributed by atoms with E-state index in [1.165, 1.54) is 5.56 Å². The molecule has 0 bridgehead atoms. The zero-order valence-corrected chi connectivity index (χ0v) is 10.1. The molecule has 1 heterocycles. The Balaban J connectivity index is 1.98. The van der Waals surface area contributed by atoms with Gasteiger partial charge in [0.05, 0.1) is 0 Å². The molecule has 1 atom stereocenters. The normalized spacial score (nSPS) is 18.2. The first-order valence-electron chi connectivity index (χ1n) is 4.99. The Bertz CT molecular complexity index is 340. The first-order valence-corrected chi connectivity index (χ1v) is 6.39. The van der Waals surface area contributed by atoms with E-state index in [4.69, 9.17) is 18.0 Å². The topological polar surface area (TPSA) is 29.3 Å². The minimum Gasteiger partial charge on any atom is -0.355 e. The summed E-state index contributed by atoms with van der Waals surface area (Å²) in [5.74, 6) is 1.10. The third-order valence-corrected chi connectivity index (χ3v) is 3.99. The van der Waals surface area contributed by atoms with Crippen LogP contribution in [-0.4, -0.2) is 28.1 Å². The molecular weight excluding hydrogens is 224 g/mol. The van der Waals surface area contributed by atoms with E-state index in [2.05, 4.69) is 17.0 Å². The van der Waals surface area contributed by atoms with Crippen LogP contribution >= 0.6 is 24.0 Å². The van der Waals surface area contributed by atoms with E-state index in [-0.39, 0.29) is 6.04 Å². The van der Waals surface area contributed by atoms with Crippen LogP contribution in [0.15, 0.2) is 30.3 Å². The summed E-state index contributed by atoms with van der Waals surface area (Å²) in [6.07, 6.45) is 0. The van der Waals surface area contributed by atoms with Gasteiger partial charge in [0.2, 0.25) is 0 Å². The largest absolute Gasteiger partial charge is 0.355 e. The lowest BCUT2D eigenvalue weighted by molar-refractivity contribution is 0.428. The van der Waals surface area contributed by atoms with Crippen LogP contribution in [0.3, 0.4) is 0 Å². The molecule has 0 aliphatic carbocycles. The fourth-order valence-corrected chi connectivity index (χ4v) is 2.89. The predicted molar refractivity (Wildman–Crippen MR) is 70.0 cm³/mol. The fourth-order valence-electron chi connectivity index (χ4n) is 1.63. The van der Waals surface area contributed by atoms with Crippen molar-refractivity contribution in [3.8, 4) is 0 Å². The molecule has 1 saturated heterocycles. The number of thioether (sulfide) groups is 1. The first-order chi connectivity index (χ1) is 7.27. The molecule has 1 unspecified atom stereocenters. The molecule has 2 rings (SSSR count). The molecule has 0 aromatic heterocycles. The smallest absolute Gasteiger partial charge is 0.136 e. The lowest BCUT2D eigenvalue weighted by Gasteiger charge is -2.21. The highest BCUT2D eigenvalue weighted by Crippen LogP contribution is 2.20. The zero-order chi connectivity index (χ0) is 10.7. The summed E-state index contributed by atoms with van der Waals surface area (Å²) in [7, 11) is 0. The summed E-state index contributed by atoms with van der Waals surface area (Å²) in [6.45, 7) is 1.86. The van der Waals surface area contributed by atoms with Gasteiger partial charge in [-0.05, 0) is 5.56 Å². The van der Waals surface area contributed by atoms with Gasteiger partial charge in [0.25, 0.3) is 0 Å². The van der Waals surface area contributed by atoms with Crippen LogP contribution < -0.4 is 5.73 Å². The quantitative estimate of drug-likeness (QED) is 0.816. The van der Waals surface area contributed by atoms with Crippen molar-refractivity contribution in [2.45, 2.75) is 6.04 Å². The van der Waals surface area contributed by atoms with Crippen molar-refractivity contribution in [3.63, 3.8) is 0 Å². The van der Waals surface area contributed by atoms with Crippen molar-refractivity contribution in [2.75, 3.05) is 18.8 Å². The molecule has 0 amide bonds. The van der Waals surface area contributed by atoms with Crippen molar-refractivity contribution >= 4 is 28.3 Å². The van der Waals surface area contributed by atoms with Gasteiger partial charge >= 0.3 is 0 Å². The van der Waals surface area contributed by atoms with E-state index in [9.17, 15) is 0 Å². The van der Waals surface area contributed by atoms with Gasteiger partial charge < -0.3 is 10.6 Å². The van der Waals surface area contributed by atoms with Gasteiger partial charge in [-0.25, -0.2) is 0 Å². The van der Waals surface area contributed by atoms with Crippen LogP contribution in [0.25, 0.3) is 0 Å². The van der Waals surface area contributed by atoms with Crippen LogP contribution in [-0.2, 0) is 0 Å². The molecule has 15 heavy (non-hydrogen) atoms. The predicted octanol–water partition coefficient (Wildman–Crippen LogP) is 2.02. The molecule has 2 N–H and O–H groups in total. The molecule has 80 valence electrons. The number of hydrogen-bond acceptors (Lipinski definition) is 3. The van der Waals surface area contributed by atoms with Gasteiger partial charge in [-0.3, -0.25) is 0 Å². The summed E-state index contributed by atoms with van der Waals surface area (Å²) >= 11 is 6.99. The maximum atomic E-state index is 6.13. The Morgan fingerprint density at radius 1 is 1.40 bits per heavy atom. The van der Waals surface area contributed by atoms with Crippen LogP contribution in [0.4, 0.5) is 0 Å². The Labute approximate surface area is 99.8 Å². The average Bonchev–Trinajstić information content (AvgIpc) is 2.66. The molecule has 1 aromatic carbocycles. The van der Waals surface area contributed by atoms with E-state index in [1.807, 2.05) is 18.2 Å². The second-order valence-corrected chi connectivity index (χ2v) is 5.31. The second-order valence-electron chi connectivity index (χ2n) is 3.58. The molecule has 1 fully saturated rings. The molecule has 2 nitrogen and oxygen atoms in total. The molecule has 0 saturated carbocycles. The summed E-state index contributed by atoms with van der Waals surface area (Å²) in [6, 6.07) is 10.2. The Kier molecular flexibility index (Phi) is 3.61. The molecule has 0 spiro atoms. The van der Waals surface area contributed by atoms with Gasteiger partial charge in [-0.15, -0.1) is 0 Å². The highest BCUT2D eigenvalue weighted by molar-refractivity contribution is 8.23. The van der Waals surface area contributed by atoms with E-state index in [0.717, 1.165) is 23.2 Å². The average molecular weight is 238 g/mol. The Morgan fingerprint density at radius 3 is 2.73 bits per heavy atom. The fraction of sp³-hybridized carbons (Fsp3) is 0.364. The zero-order valence-electron chi connectivity index (χ0n) is 8.43. The van der Waals surface area contributed by atoms with Gasteiger partial charge in [0, 0.05) is 24.9 Å². The third kappa shape index (κ3) is 2.71. The number of rotatable bonds is 3. The Morgan fingerprint density at radius 2 is 2.13 bits per heavy atom. The highest BCUT2D eigenvalue weighted by Gasteiger charge is 2.19. The summed E-state index contributed by atoms with van der Waals surface area (Å²) in [5.41, 5.74) is 7.30. The maximum Gasteiger partial charge on any atom is 0.136 e. The minimum atomic E-state index is 0.0582. The van der Waals surface area contributed by atoms with Gasteiger partial charge in [-0.1, -0.05) is 54.3 Å². The number of hydrogen-bond donors (Lipinski definition) is 1. The van der Waals surface area contributed by atoms with Gasteiger partial charge in [-0.2, -0.15) is 0 Å². The molecule has 1 aliphatic rings. The van der Waals surface area contributed by atoms with Crippen LogP contribution in [0, 0.1) is 0 Å². The van der Waals surface area contributed by atoms with Crippen molar-refractivity contribution < 1.29 is 0 Å². The van der Waals surface area contributed by atoms with Crippen LogP contribution in [0.1, 0.15) is 11.6 Å². The molecular formula is C11H14N2S2. The van der Waals surface area contributed by atoms with Crippen LogP contribution in [0.5, 0.6) is 0 Å². The van der Waals surface area contributed by atoms with E-state index < -0.39 is 0 Å². The number of nitrogens with two attached hydrogens (primary N) is 1. The highest BCUT2D eigenvalue weighted by atomic mass is 32.2. The SMILES string of the molecule is NC(CN1CCSC1=S)c1ccccc1. The maximum absolute atomic E-state index is 6.13. The van der Waals surface area contributed by atoms with E-state index >= 15 is 0 Å². The van der Waals surface area contributed by atoms with Crippen molar-refractivity contribution in [1.82, 2.24) is 4.90 Å². The van der Waals surface area contributed by atoms with E-state index in [1.54, 1.807) is 11.8 Å². The molecule has 1 aromatic rings. The molecule has 1 aliphatic heterocycles. The lowest BCUT2D eigenvalue weighted by atomic mass is 10.1. The van der Waals surface area contributed by atoms with E-state index in [0.29, 0.717) is 0 Å². The van der Waals surface area contributed by atoms with Gasteiger partial charge in [0.15, 0.2) is 0 Å². The molecule has 0 radical (unpaired) electrons. The van der Waals surface area contributed by atoms with Gasteiger partial charge in [0.1, 0.15) is 4.32 Å². The summed E-state index contributed by atoms with van der Waals surface area (Å²) in [5, 5.41) is 0. The number of benzene rings is 1. The summed E-state index contributed by atoms with van der Waals surface area (Å²) < 4.78 is 0.987. The standard InChI is InChI=1S/C11H14N2S2/c12-10(9-4-2-1-3-5-9)8-13-6-7-15-11(13)14/h1-5,10H,6-8,12H2. The van der Waals surface area contributed by atoms with Crippen molar-refractivity contribution in [2.24, 2.45) is 5.73 Å². The van der Waals surface area contributed by atoms with Crippen molar-refractivity contribution in [1.29, 1.82) is 0 Å². The van der Waals surface area contributed by atoms with Crippen molar-refractivity contribution in [3.05, 3.63) is 35.9 Å². The third-order valence-electron chi connectivity index (χ3n) is 2.49.